The average Bonchev–Trinajstić information content (AvgIpc) is 2.72. The molecule has 1 heterocycles. The normalized spacial score (nSPS) is 14.8. The third kappa shape index (κ3) is 3.19. The van der Waals surface area contributed by atoms with Crippen LogP contribution in [-0.4, -0.2) is 17.5 Å². The molecule has 154 valence electrons. The molecule has 0 saturated carbocycles. The zero-order valence-corrected chi connectivity index (χ0v) is 19.4. The number of fused-ring (bicyclic) bond motifs is 4. The molecule has 1 aliphatic rings. The number of ketones is 1. The highest BCUT2D eigenvalue weighted by Gasteiger charge is 2.39. The Labute approximate surface area is 193 Å². The Morgan fingerprint density at radius 3 is 2.23 bits per heavy atom. The van der Waals surface area contributed by atoms with Gasteiger partial charge in [-0.05, 0) is 68.8 Å². The number of rotatable bonds is 2. The molecule has 0 fully saturated rings. The van der Waals surface area contributed by atoms with Gasteiger partial charge in [0.1, 0.15) is 11.3 Å². The van der Waals surface area contributed by atoms with Crippen LogP contribution in [0.15, 0.2) is 60.7 Å². The summed E-state index contributed by atoms with van der Waals surface area (Å²) in [4.78, 5) is 25.6. The Bertz CT molecular complexity index is 1420. The minimum Gasteiger partial charge on any atom is -0.451 e. The zero-order valence-electron chi connectivity index (χ0n) is 17.3. The van der Waals surface area contributed by atoms with E-state index in [1.54, 1.807) is 19.9 Å². The molecule has 0 aromatic heterocycles. The van der Waals surface area contributed by atoms with Gasteiger partial charge in [0.2, 0.25) is 5.79 Å². The van der Waals surface area contributed by atoms with E-state index in [2.05, 4.69) is 52.9 Å². The molecular weight excluding hydrogens is 503 g/mol. The van der Waals surface area contributed by atoms with E-state index in [0.29, 0.717) is 16.9 Å². The van der Waals surface area contributed by atoms with E-state index < -0.39 is 11.8 Å². The smallest absolute Gasteiger partial charge is 0.345 e. The van der Waals surface area contributed by atoms with Gasteiger partial charge in [0, 0.05) is 23.0 Å². The fourth-order valence-corrected chi connectivity index (χ4v) is 5.13. The van der Waals surface area contributed by atoms with Crippen LogP contribution in [0.3, 0.4) is 0 Å². The lowest BCUT2D eigenvalue weighted by atomic mass is 9.89. The van der Waals surface area contributed by atoms with Gasteiger partial charge in [-0.25, -0.2) is 4.79 Å². The van der Waals surface area contributed by atoms with E-state index in [9.17, 15) is 9.59 Å². The SMILES string of the molecule is CC(=O)c1cc(I)c(-c2cc3ccccc3c3ccccc23)c2c1OC(C)(C)OC2=O. The fourth-order valence-electron chi connectivity index (χ4n) is 4.26. The molecule has 0 N–H and O–H groups in total. The van der Waals surface area contributed by atoms with Crippen LogP contribution in [0.25, 0.3) is 32.7 Å². The summed E-state index contributed by atoms with van der Waals surface area (Å²) >= 11 is 2.19. The molecule has 1 aliphatic heterocycles. The highest BCUT2D eigenvalue weighted by atomic mass is 127. The van der Waals surface area contributed by atoms with Gasteiger partial charge >= 0.3 is 5.97 Å². The number of hydrogen-bond donors (Lipinski definition) is 0. The highest BCUT2D eigenvalue weighted by molar-refractivity contribution is 14.1. The molecule has 0 amide bonds. The van der Waals surface area contributed by atoms with E-state index in [-0.39, 0.29) is 5.78 Å². The Hall–Kier alpha value is -2.93. The summed E-state index contributed by atoms with van der Waals surface area (Å²) in [5, 5.41) is 4.34. The maximum atomic E-state index is 13.2. The maximum Gasteiger partial charge on any atom is 0.345 e. The molecule has 4 nitrogen and oxygen atoms in total. The lowest BCUT2D eigenvalue weighted by Gasteiger charge is -2.34. The molecule has 0 radical (unpaired) electrons. The summed E-state index contributed by atoms with van der Waals surface area (Å²) in [5.41, 5.74) is 2.32. The molecule has 31 heavy (non-hydrogen) atoms. The fraction of sp³-hybridized carbons (Fsp3) is 0.154. The number of cyclic esters (lactones) is 1. The van der Waals surface area contributed by atoms with Crippen molar-refractivity contribution in [1.29, 1.82) is 0 Å². The van der Waals surface area contributed by atoms with Crippen LogP contribution < -0.4 is 4.74 Å². The van der Waals surface area contributed by atoms with Crippen molar-refractivity contribution in [3.63, 3.8) is 0 Å². The van der Waals surface area contributed by atoms with Crippen molar-refractivity contribution >= 4 is 55.9 Å². The number of carbonyl (C=O) groups excluding carboxylic acids is 2. The Kier molecular flexibility index (Phi) is 4.55. The number of hydrogen-bond acceptors (Lipinski definition) is 4. The van der Waals surface area contributed by atoms with Gasteiger partial charge in [-0.15, -0.1) is 0 Å². The van der Waals surface area contributed by atoms with Crippen LogP contribution in [0.2, 0.25) is 0 Å². The lowest BCUT2D eigenvalue weighted by molar-refractivity contribution is -0.127. The first-order valence-electron chi connectivity index (χ1n) is 9.97. The average molecular weight is 522 g/mol. The summed E-state index contributed by atoms with van der Waals surface area (Å²) < 4.78 is 12.4. The van der Waals surface area contributed by atoms with Gasteiger partial charge in [0.25, 0.3) is 0 Å². The zero-order chi connectivity index (χ0) is 21.9. The second-order valence-electron chi connectivity index (χ2n) is 8.12. The van der Waals surface area contributed by atoms with Gasteiger partial charge in [0.05, 0.1) is 5.56 Å². The predicted octanol–water partition coefficient (Wildman–Crippen LogP) is 6.75. The monoisotopic (exact) mass is 522 g/mol. The minimum absolute atomic E-state index is 0.158. The van der Waals surface area contributed by atoms with Crippen molar-refractivity contribution in [2.75, 3.05) is 0 Å². The number of Topliss-reactive ketones (excluding diaryl/α,β-unsaturated/α-hetero) is 1. The number of ether oxygens (including phenoxy) is 2. The minimum atomic E-state index is -1.15. The van der Waals surface area contributed by atoms with Crippen molar-refractivity contribution in [3.05, 3.63) is 75.4 Å². The number of benzene rings is 4. The second kappa shape index (κ2) is 7.05. The van der Waals surface area contributed by atoms with E-state index in [1.165, 1.54) is 6.92 Å². The van der Waals surface area contributed by atoms with Crippen molar-refractivity contribution in [3.8, 4) is 16.9 Å². The van der Waals surface area contributed by atoms with Crippen LogP contribution in [0.1, 0.15) is 41.5 Å². The molecule has 4 aromatic carbocycles. The molecule has 0 atom stereocenters. The topological polar surface area (TPSA) is 52.6 Å². The van der Waals surface area contributed by atoms with Crippen molar-refractivity contribution < 1.29 is 19.1 Å². The summed E-state index contributed by atoms with van der Waals surface area (Å²) in [7, 11) is 0. The molecule has 0 unspecified atom stereocenters. The van der Waals surface area contributed by atoms with E-state index in [0.717, 1.165) is 36.2 Å². The van der Waals surface area contributed by atoms with Gasteiger partial charge in [-0.1, -0.05) is 48.5 Å². The lowest BCUT2D eigenvalue weighted by Crippen LogP contribution is -2.40. The molecule has 5 rings (SSSR count). The van der Waals surface area contributed by atoms with Crippen LogP contribution in [-0.2, 0) is 4.74 Å². The van der Waals surface area contributed by atoms with E-state index in [1.807, 2.05) is 24.3 Å². The Morgan fingerprint density at radius 2 is 1.52 bits per heavy atom. The van der Waals surface area contributed by atoms with Gasteiger partial charge in [-0.3, -0.25) is 4.79 Å². The summed E-state index contributed by atoms with van der Waals surface area (Å²) in [6.45, 7) is 4.81. The first-order valence-corrected chi connectivity index (χ1v) is 11.1. The van der Waals surface area contributed by atoms with E-state index >= 15 is 0 Å². The summed E-state index contributed by atoms with van der Waals surface area (Å²) in [6, 6.07) is 20.2. The quantitative estimate of drug-likeness (QED) is 0.127. The molecule has 0 saturated heterocycles. The standard InChI is InChI=1S/C26H19IO4/c1-14(28)19-13-21(27)22(23-24(19)30-26(2,3)31-25(23)29)20-12-15-8-4-5-9-16(15)17-10-6-7-11-18(17)20/h4-13H,1-3H3. The first kappa shape index (κ1) is 20.0. The highest BCUT2D eigenvalue weighted by Crippen LogP contribution is 2.45. The van der Waals surface area contributed by atoms with Crippen LogP contribution in [0.5, 0.6) is 5.75 Å². The number of carbonyl (C=O) groups is 2. The molecule has 0 spiro atoms. The van der Waals surface area contributed by atoms with Crippen LogP contribution in [0, 0.1) is 3.57 Å². The molecule has 4 aromatic rings. The van der Waals surface area contributed by atoms with Crippen LogP contribution >= 0.6 is 22.6 Å². The van der Waals surface area contributed by atoms with Crippen molar-refractivity contribution in [2.24, 2.45) is 0 Å². The van der Waals surface area contributed by atoms with Crippen molar-refractivity contribution in [1.82, 2.24) is 0 Å². The Balaban J connectivity index is 1.94. The molecular formula is C26H19IO4. The first-order chi connectivity index (χ1) is 14.8. The maximum absolute atomic E-state index is 13.2. The largest absolute Gasteiger partial charge is 0.451 e. The van der Waals surface area contributed by atoms with Gasteiger partial charge < -0.3 is 9.47 Å². The number of esters is 1. The second-order valence-corrected chi connectivity index (χ2v) is 9.29. The summed E-state index contributed by atoms with van der Waals surface area (Å²) in [5.74, 6) is -1.50. The number of halogens is 1. The predicted molar refractivity (Wildman–Crippen MR) is 130 cm³/mol. The summed E-state index contributed by atoms with van der Waals surface area (Å²) in [6.07, 6.45) is 0. The van der Waals surface area contributed by atoms with Gasteiger partial charge in [-0.2, -0.15) is 0 Å². The molecule has 0 aliphatic carbocycles. The third-order valence-electron chi connectivity index (χ3n) is 5.54. The molecule has 5 heteroatoms. The van der Waals surface area contributed by atoms with Gasteiger partial charge in [0.15, 0.2) is 5.78 Å². The molecule has 0 bridgehead atoms. The third-order valence-corrected chi connectivity index (χ3v) is 6.39. The van der Waals surface area contributed by atoms with Crippen molar-refractivity contribution in [2.45, 2.75) is 26.6 Å². The Morgan fingerprint density at radius 1 is 0.871 bits per heavy atom. The van der Waals surface area contributed by atoms with Crippen LogP contribution in [0.4, 0.5) is 0 Å². The van der Waals surface area contributed by atoms with E-state index in [4.69, 9.17) is 9.47 Å².